The van der Waals surface area contributed by atoms with Crippen molar-refractivity contribution in [3.8, 4) is 17.2 Å². The molecule has 1 atom stereocenters. The van der Waals surface area contributed by atoms with Gasteiger partial charge in [-0.25, -0.2) is 4.79 Å². The molecular weight excluding hydrogens is 422 g/mol. The average Bonchev–Trinajstić information content (AvgIpc) is 2.81. The molecule has 8 heteroatoms. The Morgan fingerprint density at radius 1 is 1.03 bits per heavy atom. The first-order valence-electron chi connectivity index (χ1n) is 11.1. The fraction of sp³-hybridized carbons (Fsp3) is 0.440. The van der Waals surface area contributed by atoms with Crippen LogP contribution in [0.3, 0.4) is 0 Å². The Hall–Kier alpha value is -3.42. The lowest BCUT2D eigenvalue weighted by atomic mass is 9.87. The number of urea groups is 1. The SMILES string of the molecule is COc1ccc([C@@H]2c3cc(OC)c(OC)cc3CCN2C(=O)NCCC(=O)NC(C)C)cc1. The van der Waals surface area contributed by atoms with E-state index in [-0.39, 0.29) is 37.0 Å². The number of fused-ring (bicyclic) bond motifs is 1. The van der Waals surface area contributed by atoms with E-state index in [2.05, 4.69) is 10.6 Å². The fourth-order valence-corrected chi connectivity index (χ4v) is 4.09. The van der Waals surface area contributed by atoms with E-state index in [1.807, 2.05) is 50.2 Å². The van der Waals surface area contributed by atoms with Gasteiger partial charge in [-0.15, -0.1) is 0 Å². The molecule has 0 saturated heterocycles. The van der Waals surface area contributed by atoms with Gasteiger partial charge < -0.3 is 29.7 Å². The summed E-state index contributed by atoms with van der Waals surface area (Å²) in [4.78, 5) is 26.9. The van der Waals surface area contributed by atoms with Crippen molar-refractivity contribution < 1.29 is 23.8 Å². The summed E-state index contributed by atoms with van der Waals surface area (Å²) in [6, 6.07) is 11.2. The number of hydrogen-bond acceptors (Lipinski definition) is 5. The first-order valence-corrected chi connectivity index (χ1v) is 11.1. The number of nitrogens with one attached hydrogen (secondary N) is 2. The average molecular weight is 456 g/mol. The topological polar surface area (TPSA) is 89.1 Å². The second-order valence-corrected chi connectivity index (χ2v) is 8.23. The second-order valence-electron chi connectivity index (χ2n) is 8.23. The van der Waals surface area contributed by atoms with Crippen molar-refractivity contribution in [2.75, 3.05) is 34.4 Å². The number of rotatable bonds is 8. The van der Waals surface area contributed by atoms with Crippen molar-refractivity contribution in [1.82, 2.24) is 15.5 Å². The molecule has 0 radical (unpaired) electrons. The highest BCUT2D eigenvalue weighted by Gasteiger charge is 2.33. The molecule has 3 rings (SSSR count). The summed E-state index contributed by atoms with van der Waals surface area (Å²) >= 11 is 0. The quantitative estimate of drug-likeness (QED) is 0.638. The van der Waals surface area contributed by atoms with Gasteiger partial charge in [0.25, 0.3) is 0 Å². The summed E-state index contributed by atoms with van der Waals surface area (Å²) in [6.45, 7) is 4.61. The highest BCUT2D eigenvalue weighted by molar-refractivity contribution is 5.79. The van der Waals surface area contributed by atoms with Crippen molar-refractivity contribution in [2.24, 2.45) is 0 Å². The van der Waals surface area contributed by atoms with Crippen LogP contribution in [0.15, 0.2) is 36.4 Å². The summed E-state index contributed by atoms with van der Waals surface area (Å²) in [7, 11) is 4.84. The van der Waals surface area contributed by atoms with Crippen LogP contribution in [0.4, 0.5) is 4.79 Å². The van der Waals surface area contributed by atoms with Crippen LogP contribution in [0.1, 0.15) is 43.0 Å². The Morgan fingerprint density at radius 2 is 1.70 bits per heavy atom. The van der Waals surface area contributed by atoms with E-state index in [4.69, 9.17) is 14.2 Å². The molecule has 1 aliphatic rings. The first kappa shape index (κ1) is 24.2. The summed E-state index contributed by atoms with van der Waals surface area (Å²) in [5.74, 6) is 1.94. The zero-order valence-electron chi connectivity index (χ0n) is 19.9. The summed E-state index contributed by atoms with van der Waals surface area (Å²) in [5, 5.41) is 5.74. The number of ether oxygens (including phenoxy) is 3. The van der Waals surface area contributed by atoms with Gasteiger partial charge in [-0.3, -0.25) is 4.79 Å². The number of carbonyl (C=O) groups is 2. The van der Waals surface area contributed by atoms with Crippen LogP contribution in [0, 0.1) is 0 Å². The van der Waals surface area contributed by atoms with Crippen molar-refractivity contribution in [1.29, 1.82) is 0 Å². The Labute approximate surface area is 195 Å². The molecule has 2 N–H and O–H groups in total. The smallest absolute Gasteiger partial charge is 0.318 e. The molecule has 2 aromatic carbocycles. The summed E-state index contributed by atoms with van der Waals surface area (Å²) in [6.07, 6.45) is 0.913. The third-order valence-corrected chi connectivity index (χ3v) is 5.64. The standard InChI is InChI=1S/C25H33N3O5/c1-16(2)27-23(29)10-12-26-25(30)28-13-11-18-14-21(32-4)22(33-5)15-20(18)24(28)17-6-8-19(31-3)9-7-17/h6-9,14-16,24H,10-13H2,1-5H3,(H,26,30)(H,27,29)/t24-/m1/s1. The normalized spacial score (nSPS) is 15.0. The number of hydrogen-bond donors (Lipinski definition) is 2. The molecule has 33 heavy (non-hydrogen) atoms. The molecule has 8 nitrogen and oxygen atoms in total. The number of benzene rings is 2. The Morgan fingerprint density at radius 3 is 2.30 bits per heavy atom. The van der Waals surface area contributed by atoms with Crippen molar-refractivity contribution in [2.45, 2.75) is 38.8 Å². The van der Waals surface area contributed by atoms with Crippen LogP contribution >= 0.6 is 0 Å². The Balaban J connectivity index is 1.89. The van der Waals surface area contributed by atoms with E-state index in [9.17, 15) is 9.59 Å². The monoisotopic (exact) mass is 455 g/mol. The predicted molar refractivity (Wildman–Crippen MR) is 126 cm³/mol. The second kappa shape index (κ2) is 10.9. The minimum Gasteiger partial charge on any atom is -0.497 e. The van der Waals surface area contributed by atoms with Gasteiger partial charge in [0.1, 0.15) is 5.75 Å². The molecule has 0 bridgehead atoms. The largest absolute Gasteiger partial charge is 0.497 e. The highest BCUT2D eigenvalue weighted by atomic mass is 16.5. The van der Waals surface area contributed by atoms with E-state index in [1.165, 1.54) is 0 Å². The molecule has 0 saturated carbocycles. The molecule has 3 amide bonds. The molecule has 0 unspecified atom stereocenters. The van der Waals surface area contributed by atoms with E-state index in [0.717, 1.165) is 22.4 Å². The molecule has 0 aromatic heterocycles. The van der Waals surface area contributed by atoms with Gasteiger partial charge in [-0.2, -0.15) is 0 Å². The number of nitrogens with zero attached hydrogens (tertiary/aromatic N) is 1. The third-order valence-electron chi connectivity index (χ3n) is 5.64. The fourth-order valence-electron chi connectivity index (χ4n) is 4.09. The van der Waals surface area contributed by atoms with Gasteiger partial charge in [0.05, 0.1) is 27.4 Å². The highest BCUT2D eigenvalue weighted by Crippen LogP contribution is 2.41. The summed E-state index contributed by atoms with van der Waals surface area (Å²) in [5.41, 5.74) is 3.04. The molecular formula is C25H33N3O5. The number of amides is 3. The number of carbonyl (C=O) groups excluding carboxylic acids is 2. The molecule has 178 valence electrons. The zero-order valence-corrected chi connectivity index (χ0v) is 19.9. The maximum Gasteiger partial charge on any atom is 0.318 e. The Bertz CT molecular complexity index is 975. The van der Waals surface area contributed by atoms with Crippen LogP contribution in [-0.4, -0.2) is 57.3 Å². The molecule has 0 fully saturated rings. The van der Waals surface area contributed by atoms with Gasteiger partial charge in [0.15, 0.2) is 11.5 Å². The van der Waals surface area contributed by atoms with Crippen LogP contribution in [0.25, 0.3) is 0 Å². The van der Waals surface area contributed by atoms with Gasteiger partial charge in [0, 0.05) is 25.6 Å². The van der Waals surface area contributed by atoms with Gasteiger partial charge >= 0.3 is 6.03 Å². The van der Waals surface area contributed by atoms with E-state index in [0.29, 0.717) is 24.5 Å². The molecule has 0 aliphatic carbocycles. The van der Waals surface area contributed by atoms with Crippen LogP contribution in [-0.2, 0) is 11.2 Å². The van der Waals surface area contributed by atoms with Gasteiger partial charge in [-0.1, -0.05) is 12.1 Å². The summed E-state index contributed by atoms with van der Waals surface area (Å²) < 4.78 is 16.3. The van der Waals surface area contributed by atoms with Crippen molar-refractivity contribution in [3.05, 3.63) is 53.1 Å². The Kier molecular flexibility index (Phi) is 8.03. The van der Waals surface area contributed by atoms with Crippen LogP contribution < -0.4 is 24.8 Å². The van der Waals surface area contributed by atoms with E-state index < -0.39 is 0 Å². The maximum absolute atomic E-state index is 13.2. The van der Waals surface area contributed by atoms with E-state index >= 15 is 0 Å². The lowest BCUT2D eigenvalue weighted by molar-refractivity contribution is -0.121. The minimum atomic E-state index is -0.316. The van der Waals surface area contributed by atoms with Crippen LogP contribution in [0.5, 0.6) is 17.2 Å². The lowest BCUT2D eigenvalue weighted by Crippen LogP contribution is -2.46. The molecule has 1 heterocycles. The molecule has 2 aromatic rings. The molecule has 1 aliphatic heterocycles. The first-order chi connectivity index (χ1) is 15.9. The lowest BCUT2D eigenvalue weighted by Gasteiger charge is -2.38. The zero-order chi connectivity index (χ0) is 24.0. The van der Waals surface area contributed by atoms with Crippen LogP contribution in [0.2, 0.25) is 0 Å². The van der Waals surface area contributed by atoms with Crippen molar-refractivity contribution >= 4 is 11.9 Å². The van der Waals surface area contributed by atoms with Gasteiger partial charge in [0.2, 0.25) is 5.91 Å². The number of methoxy groups -OCH3 is 3. The van der Waals surface area contributed by atoms with E-state index in [1.54, 1.807) is 26.2 Å². The minimum absolute atomic E-state index is 0.0678. The third kappa shape index (κ3) is 5.69. The maximum atomic E-state index is 13.2. The molecule has 0 spiro atoms. The van der Waals surface area contributed by atoms with Crippen molar-refractivity contribution in [3.63, 3.8) is 0 Å². The predicted octanol–water partition coefficient (Wildman–Crippen LogP) is 3.28. The van der Waals surface area contributed by atoms with Gasteiger partial charge in [-0.05, 0) is 61.2 Å².